The Balaban J connectivity index is 0.000000640. The number of carboxylic acids is 1. The normalized spacial score (nSPS) is 13.7. The number of halogens is 2. The zero-order valence-electron chi connectivity index (χ0n) is 13.5. The summed E-state index contributed by atoms with van der Waals surface area (Å²) < 4.78 is 9.69. The smallest absolute Gasteiger partial charge is 0.329 e. The van der Waals surface area contributed by atoms with Gasteiger partial charge in [0.2, 0.25) is 0 Å². The minimum absolute atomic E-state index is 0.159. The molecular weight excluding hydrogens is 432 g/mol. The molecule has 1 atom stereocenters. The fourth-order valence-corrected chi connectivity index (χ4v) is 3.77. The van der Waals surface area contributed by atoms with Gasteiger partial charge >= 0.3 is 12.6 Å². The molecule has 1 aromatic rings. The largest absolute Gasteiger partial charge is 0.480 e. The van der Waals surface area contributed by atoms with Crippen LogP contribution >= 0.6 is 55.1 Å². The Morgan fingerprint density at radius 3 is 2.25 bits per heavy atom. The third-order valence-electron chi connectivity index (χ3n) is 2.17. The lowest BCUT2D eigenvalue weighted by Gasteiger charge is -2.24. The van der Waals surface area contributed by atoms with Crippen LogP contribution in [-0.4, -0.2) is 28.3 Å². The molecule has 5 nitrogen and oxygen atoms in total. The van der Waals surface area contributed by atoms with E-state index >= 15 is 0 Å². The molecular formula is C13H20Cl2NO4PS3. The number of nitrogens with one attached hydrogen (secondary N) is 1. The van der Waals surface area contributed by atoms with Crippen molar-refractivity contribution in [1.82, 2.24) is 5.09 Å². The molecule has 0 fully saturated rings. The number of hydrogen-bond donors (Lipinski definition) is 4. The molecule has 2 N–H and O–H groups in total. The summed E-state index contributed by atoms with van der Waals surface area (Å²) in [5.41, 5.74) is 0. The fourth-order valence-electron chi connectivity index (χ4n) is 1.11. The first-order chi connectivity index (χ1) is 10.8. The molecule has 0 bridgehead atoms. The van der Waals surface area contributed by atoms with E-state index in [1.807, 2.05) is 13.8 Å². The monoisotopic (exact) mass is 451 g/mol. The van der Waals surface area contributed by atoms with Crippen molar-refractivity contribution in [3.63, 3.8) is 0 Å². The van der Waals surface area contributed by atoms with E-state index in [4.69, 9.17) is 49.2 Å². The van der Waals surface area contributed by atoms with Crippen LogP contribution in [0, 0.1) is 0 Å². The van der Waals surface area contributed by atoms with Gasteiger partial charge in [-0.15, -0.1) is 0 Å². The molecule has 0 aliphatic rings. The summed E-state index contributed by atoms with van der Waals surface area (Å²) in [6, 6.07) is 5.12. The Bertz CT molecular complexity index is 611. The quantitative estimate of drug-likeness (QED) is 0.280. The van der Waals surface area contributed by atoms with Gasteiger partial charge in [0.15, 0.2) is 0 Å². The summed E-state index contributed by atoms with van der Waals surface area (Å²) in [4.78, 5) is 9.87. The number of thiol groups is 2. The highest BCUT2D eigenvalue weighted by Crippen LogP contribution is 2.46. The minimum atomic E-state index is -2.56. The van der Waals surface area contributed by atoms with Crippen LogP contribution in [0.25, 0.3) is 0 Å². The van der Waals surface area contributed by atoms with Crippen LogP contribution in [0.3, 0.4) is 0 Å². The van der Waals surface area contributed by atoms with Crippen LogP contribution in [-0.2, 0) is 21.1 Å². The minimum Gasteiger partial charge on any atom is -0.480 e. The van der Waals surface area contributed by atoms with Crippen molar-refractivity contribution >= 4 is 72.9 Å². The van der Waals surface area contributed by atoms with Crippen LogP contribution in [0.1, 0.15) is 20.8 Å². The van der Waals surface area contributed by atoms with Crippen LogP contribution in [0.4, 0.5) is 0 Å². The predicted molar refractivity (Wildman–Crippen MR) is 111 cm³/mol. The van der Waals surface area contributed by atoms with E-state index in [-0.39, 0.29) is 6.04 Å². The van der Waals surface area contributed by atoms with Crippen molar-refractivity contribution in [2.75, 3.05) is 7.11 Å². The standard InChI is InChI=1S/C10H14Cl2NO2PS.C3H6O2S2/c1-7(2)13-16(17,14-3)15-10-5-4-8(11)6-9(10)12;1-3(6,7)2(4)5/h4-7H,1-3H3,(H,13,17);6-7H,1H3,(H,4,5). The molecule has 0 aliphatic carbocycles. The molecule has 0 saturated heterocycles. The Morgan fingerprint density at radius 2 is 1.92 bits per heavy atom. The molecule has 0 amide bonds. The summed E-state index contributed by atoms with van der Waals surface area (Å²) in [6.45, 7) is 2.76. The van der Waals surface area contributed by atoms with E-state index in [0.29, 0.717) is 15.8 Å². The number of aliphatic carboxylic acids is 1. The summed E-state index contributed by atoms with van der Waals surface area (Å²) in [6.07, 6.45) is 0. The van der Waals surface area contributed by atoms with Crippen molar-refractivity contribution < 1.29 is 18.9 Å². The Morgan fingerprint density at radius 1 is 1.42 bits per heavy atom. The third-order valence-corrected chi connectivity index (χ3v) is 5.82. The van der Waals surface area contributed by atoms with Crippen molar-refractivity contribution in [2.24, 2.45) is 0 Å². The van der Waals surface area contributed by atoms with E-state index in [9.17, 15) is 4.79 Å². The molecule has 0 radical (unpaired) electrons. The zero-order chi connectivity index (χ0) is 19.1. The van der Waals surface area contributed by atoms with E-state index in [1.165, 1.54) is 14.0 Å². The van der Waals surface area contributed by atoms with Crippen LogP contribution in [0.5, 0.6) is 5.75 Å². The van der Waals surface area contributed by atoms with Crippen LogP contribution < -0.4 is 9.61 Å². The van der Waals surface area contributed by atoms with E-state index in [2.05, 4.69) is 30.3 Å². The molecule has 1 rings (SSSR count). The van der Waals surface area contributed by atoms with Crippen molar-refractivity contribution in [3.8, 4) is 5.75 Å². The second-order valence-electron chi connectivity index (χ2n) is 4.96. The predicted octanol–water partition coefficient (Wildman–Crippen LogP) is 4.89. The van der Waals surface area contributed by atoms with Crippen molar-refractivity contribution in [1.29, 1.82) is 0 Å². The van der Waals surface area contributed by atoms with E-state index in [1.54, 1.807) is 18.2 Å². The molecule has 0 aromatic heterocycles. The topological polar surface area (TPSA) is 67.8 Å². The SMILES string of the molecule is CC(S)(S)C(=O)O.COP(=S)(NC(C)C)Oc1ccc(Cl)cc1Cl. The first kappa shape index (κ1) is 24.3. The molecule has 1 unspecified atom stereocenters. The maximum atomic E-state index is 9.87. The highest BCUT2D eigenvalue weighted by atomic mass is 35.5. The van der Waals surface area contributed by atoms with Gasteiger partial charge < -0.3 is 14.2 Å². The van der Waals surface area contributed by atoms with Gasteiger partial charge in [-0.3, -0.25) is 0 Å². The van der Waals surface area contributed by atoms with Gasteiger partial charge in [-0.1, -0.05) is 23.2 Å². The molecule has 0 saturated carbocycles. The summed E-state index contributed by atoms with van der Waals surface area (Å²) in [5.74, 6) is -0.562. The fraction of sp³-hybridized carbons (Fsp3) is 0.462. The average Bonchev–Trinajstić information content (AvgIpc) is 2.41. The number of hydrogen-bond acceptors (Lipinski definition) is 6. The maximum absolute atomic E-state index is 9.87. The lowest BCUT2D eigenvalue weighted by atomic mass is 10.3. The molecule has 0 heterocycles. The van der Waals surface area contributed by atoms with Crippen molar-refractivity contribution in [2.45, 2.75) is 30.9 Å². The molecule has 11 heteroatoms. The number of benzene rings is 1. The summed E-state index contributed by atoms with van der Waals surface area (Å²) in [7, 11) is 1.51. The second-order valence-corrected chi connectivity index (χ2v) is 11.2. The highest BCUT2D eigenvalue weighted by Gasteiger charge is 2.22. The average molecular weight is 452 g/mol. The van der Waals surface area contributed by atoms with Crippen LogP contribution in [0.2, 0.25) is 10.0 Å². The van der Waals surface area contributed by atoms with Gasteiger partial charge in [-0.25, -0.2) is 9.88 Å². The summed E-state index contributed by atoms with van der Waals surface area (Å²) >= 11 is 24.4. The lowest BCUT2D eigenvalue weighted by molar-refractivity contribution is -0.136. The zero-order valence-corrected chi connectivity index (χ0v) is 18.5. The number of rotatable bonds is 6. The van der Waals surface area contributed by atoms with Gasteiger partial charge in [0.25, 0.3) is 0 Å². The number of carbonyl (C=O) groups is 1. The highest BCUT2D eigenvalue weighted by molar-refractivity contribution is 8.09. The lowest BCUT2D eigenvalue weighted by Crippen LogP contribution is -2.22. The van der Waals surface area contributed by atoms with E-state index in [0.717, 1.165) is 0 Å². The van der Waals surface area contributed by atoms with Crippen molar-refractivity contribution in [3.05, 3.63) is 28.2 Å². The first-order valence-electron chi connectivity index (χ1n) is 6.57. The molecule has 24 heavy (non-hydrogen) atoms. The van der Waals surface area contributed by atoms with Crippen LogP contribution in [0.15, 0.2) is 18.2 Å². The Hall–Kier alpha value is 0.340. The first-order valence-corrected chi connectivity index (χ1v) is 10.9. The third kappa shape index (κ3) is 9.73. The maximum Gasteiger partial charge on any atom is 0.329 e. The van der Waals surface area contributed by atoms with Gasteiger partial charge in [0, 0.05) is 18.2 Å². The second kappa shape index (κ2) is 10.5. The van der Waals surface area contributed by atoms with Gasteiger partial charge in [-0.05, 0) is 50.8 Å². The summed E-state index contributed by atoms with van der Waals surface area (Å²) in [5, 5.41) is 12.1. The van der Waals surface area contributed by atoms with Gasteiger partial charge in [-0.2, -0.15) is 25.3 Å². The molecule has 1 aromatic carbocycles. The molecule has 0 aliphatic heterocycles. The number of carboxylic acid groups (broad SMARTS) is 1. The van der Waals surface area contributed by atoms with Gasteiger partial charge in [0.05, 0.1) is 5.02 Å². The van der Waals surface area contributed by atoms with Gasteiger partial charge in [0.1, 0.15) is 9.83 Å². The Kier molecular flexibility index (Phi) is 10.6. The molecule has 0 spiro atoms. The molecule has 138 valence electrons. The van der Waals surface area contributed by atoms with E-state index < -0.39 is 16.7 Å². The Labute approximate surface area is 168 Å².